The second-order valence-corrected chi connectivity index (χ2v) is 8.76. The van der Waals surface area contributed by atoms with Crippen LogP contribution in [0.25, 0.3) is 16.6 Å². The number of nitrogens with zero attached hydrogens (tertiary/aromatic N) is 4. The third kappa shape index (κ3) is 4.43. The van der Waals surface area contributed by atoms with Crippen molar-refractivity contribution < 1.29 is 4.79 Å². The first-order valence-electron chi connectivity index (χ1n) is 10.9. The summed E-state index contributed by atoms with van der Waals surface area (Å²) in [4.78, 5) is 27.6. The molecule has 0 aliphatic carbocycles. The van der Waals surface area contributed by atoms with Crippen LogP contribution in [0.3, 0.4) is 0 Å². The van der Waals surface area contributed by atoms with Crippen molar-refractivity contribution in [1.29, 1.82) is 0 Å². The van der Waals surface area contributed by atoms with Crippen molar-refractivity contribution in [3.63, 3.8) is 0 Å². The molecule has 1 amide bonds. The number of hydrogen-bond acceptors (Lipinski definition) is 5. The largest absolute Gasteiger partial charge is 0.350 e. The summed E-state index contributed by atoms with van der Waals surface area (Å²) < 4.78 is 3.04. The van der Waals surface area contributed by atoms with Crippen molar-refractivity contribution in [1.82, 2.24) is 24.9 Å². The van der Waals surface area contributed by atoms with Crippen molar-refractivity contribution in [3.05, 3.63) is 81.9 Å². The van der Waals surface area contributed by atoms with E-state index in [0.29, 0.717) is 24.2 Å². The fourth-order valence-electron chi connectivity index (χ4n) is 4.00. The standard InChI is InChI=1S/C25H27N5O2S/c1-5-21(24(31)26-15-18-11-13-20(33-4)14-12-18)30-25(32)23-22(16(2)27-30)17(3)29(28-23)19-9-7-6-8-10-19/h6-14,21H,5,15H2,1-4H3,(H,26,31)/t21-/m1/s1. The molecule has 0 spiro atoms. The van der Waals surface area contributed by atoms with E-state index in [4.69, 9.17) is 0 Å². The number of aromatic nitrogens is 4. The van der Waals surface area contributed by atoms with Crippen LogP contribution in [0, 0.1) is 13.8 Å². The maximum atomic E-state index is 13.4. The number of nitrogens with one attached hydrogen (secondary N) is 1. The van der Waals surface area contributed by atoms with E-state index in [0.717, 1.165) is 22.3 Å². The summed E-state index contributed by atoms with van der Waals surface area (Å²) in [6.07, 6.45) is 2.46. The van der Waals surface area contributed by atoms with Gasteiger partial charge in [-0.2, -0.15) is 10.2 Å². The Morgan fingerprint density at radius 1 is 1.06 bits per heavy atom. The van der Waals surface area contributed by atoms with Gasteiger partial charge in [0.1, 0.15) is 6.04 Å². The molecule has 4 rings (SSSR count). The van der Waals surface area contributed by atoms with E-state index in [2.05, 4.69) is 15.5 Å². The number of aryl methyl sites for hydroxylation is 2. The van der Waals surface area contributed by atoms with Gasteiger partial charge in [-0.25, -0.2) is 9.36 Å². The molecule has 2 aromatic carbocycles. The number of benzene rings is 2. The molecule has 0 saturated heterocycles. The van der Waals surface area contributed by atoms with Gasteiger partial charge in [0.15, 0.2) is 5.52 Å². The summed E-state index contributed by atoms with van der Waals surface area (Å²) >= 11 is 1.67. The zero-order chi connectivity index (χ0) is 23.5. The van der Waals surface area contributed by atoms with Crippen LogP contribution in [0.15, 0.2) is 64.3 Å². The number of para-hydroxylation sites is 1. The van der Waals surface area contributed by atoms with Crippen LogP contribution >= 0.6 is 11.8 Å². The lowest BCUT2D eigenvalue weighted by atomic mass is 10.1. The Labute approximate surface area is 196 Å². The zero-order valence-electron chi connectivity index (χ0n) is 19.2. The molecule has 0 fully saturated rings. The number of fused-ring (bicyclic) bond motifs is 1. The molecule has 1 N–H and O–H groups in total. The quantitative estimate of drug-likeness (QED) is 0.418. The van der Waals surface area contributed by atoms with Crippen molar-refractivity contribution >= 4 is 28.6 Å². The molecule has 2 heterocycles. The van der Waals surface area contributed by atoms with Gasteiger partial charge in [0.2, 0.25) is 5.91 Å². The van der Waals surface area contributed by atoms with Gasteiger partial charge in [-0.1, -0.05) is 37.3 Å². The maximum absolute atomic E-state index is 13.4. The van der Waals surface area contributed by atoms with Gasteiger partial charge < -0.3 is 5.32 Å². The fraction of sp³-hybridized carbons (Fsp3) is 0.280. The molecule has 1 atom stereocenters. The topological polar surface area (TPSA) is 81.8 Å². The van der Waals surface area contributed by atoms with Crippen LogP contribution in [0.4, 0.5) is 0 Å². The molecule has 33 heavy (non-hydrogen) atoms. The van der Waals surface area contributed by atoms with Crippen LogP contribution < -0.4 is 10.9 Å². The summed E-state index contributed by atoms with van der Waals surface area (Å²) in [5.41, 5.74) is 3.34. The van der Waals surface area contributed by atoms with Gasteiger partial charge >= 0.3 is 0 Å². The van der Waals surface area contributed by atoms with Gasteiger partial charge in [0, 0.05) is 11.4 Å². The minimum absolute atomic E-state index is 0.237. The number of hydrogen-bond donors (Lipinski definition) is 1. The van der Waals surface area contributed by atoms with Crippen molar-refractivity contribution in [2.45, 2.75) is 44.7 Å². The lowest BCUT2D eigenvalue weighted by Crippen LogP contribution is -2.38. The molecule has 0 aliphatic rings. The van der Waals surface area contributed by atoms with Gasteiger partial charge in [0.25, 0.3) is 5.56 Å². The highest BCUT2D eigenvalue weighted by atomic mass is 32.2. The normalized spacial score (nSPS) is 12.1. The molecule has 4 aromatic rings. The molecule has 170 valence electrons. The zero-order valence-corrected chi connectivity index (χ0v) is 20.0. The minimum Gasteiger partial charge on any atom is -0.350 e. The average Bonchev–Trinajstić information content (AvgIpc) is 3.20. The van der Waals surface area contributed by atoms with Crippen LogP contribution in [-0.2, 0) is 11.3 Å². The minimum atomic E-state index is -0.715. The molecule has 8 heteroatoms. The second-order valence-electron chi connectivity index (χ2n) is 7.88. The lowest BCUT2D eigenvalue weighted by Gasteiger charge is -2.17. The van der Waals surface area contributed by atoms with E-state index < -0.39 is 6.04 Å². The highest BCUT2D eigenvalue weighted by Crippen LogP contribution is 2.22. The summed E-state index contributed by atoms with van der Waals surface area (Å²) in [6.45, 7) is 6.04. The molecule has 0 radical (unpaired) electrons. The Morgan fingerprint density at radius 3 is 2.39 bits per heavy atom. The SMILES string of the molecule is CC[C@H](C(=O)NCc1ccc(SC)cc1)n1nc(C)c2c(C)n(-c3ccccc3)nc2c1=O. The number of amides is 1. The van der Waals surface area contributed by atoms with Crippen LogP contribution in [0.1, 0.15) is 36.3 Å². The Balaban J connectivity index is 1.66. The molecular weight excluding hydrogens is 434 g/mol. The van der Waals surface area contributed by atoms with Crippen LogP contribution in [0.2, 0.25) is 0 Å². The first-order chi connectivity index (χ1) is 15.9. The van der Waals surface area contributed by atoms with E-state index >= 15 is 0 Å². The van der Waals surface area contributed by atoms with E-state index in [1.165, 1.54) is 9.58 Å². The Hall–Kier alpha value is -3.39. The van der Waals surface area contributed by atoms with E-state index in [1.54, 1.807) is 16.4 Å². The monoisotopic (exact) mass is 461 g/mol. The van der Waals surface area contributed by atoms with E-state index in [-0.39, 0.29) is 11.5 Å². The summed E-state index contributed by atoms with van der Waals surface area (Å²) in [5, 5.41) is 12.8. The first-order valence-corrected chi connectivity index (χ1v) is 12.1. The van der Waals surface area contributed by atoms with Gasteiger partial charge in [-0.15, -0.1) is 11.8 Å². The Bertz CT molecular complexity index is 1340. The smallest absolute Gasteiger partial charge is 0.295 e. The predicted octanol–water partition coefficient (Wildman–Crippen LogP) is 4.19. The second kappa shape index (κ2) is 9.62. The molecule has 0 aliphatic heterocycles. The van der Waals surface area contributed by atoms with Gasteiger partial charge in [-0.3, -0.25) is 9.59 Å². The van der Waals surface area contributed by atoms with E-state index in [9.17, 15) is 9.59 Å². The lowest BCUT2D eigenvalue weighted by molar-refractivity contribution is -0.125. The van der Waals surface area contributed by atoms with Crippen molar-refractivity contribution in [2.75, 3.05) is 6.26 Å². The first kappa shape index (κ1) is 22.8. The third-order valence-corrected chi connectivity index (χ3v) is 6.50. The van der Waals surface area contributed by atoms with Crippen molar-refractivity contribution in [2.24, 2.45) is 0 Å². The highest BCUT2D eigenvalue weighted by Gasteiger charge is 2.25. The van der Waals surface area contributed by atoms with E-state index in [1.807, 2.05) is 81.6 Å². The molecule has 0 bridgehead atoms. The van der Waals surface area contributed by atoms with Gasteiger partial charge in [0.05, 0.1) is 22.5 Å². The van der Waals surface area contributed by atoms with Crippen molar-refractivity contribution in [3.8, 4) is 5.69 Å². The summed E-state index contributed by atoms with van der Waals surface area (Å²) in [7, 11) is 0. The fourth-order valence-corrected chi connectivity index (χ4v) is 4.41. The maximum Gasteiger partial charge on any atom is 0.295 e. The number of thioether (sulfide) groups is 1. The molecule has 7 nitrogen and oxygen atoms in total. The van der Waals surface area contributed by atoms with Gasteiger partial charge in [-0.05, 0) is 56.4 Å². The Kier molecular flexibility index (Phi) is 6.65. The molecular formula is C25H27N5O2S. The van der Waals surface area contributed by atoms with Crippen LogP contribution in [0.5, 0.6) is 0 Å². The van der Waals surface area contributed by atoms with Crippen LogP contribution in [-0.4, -0.2) is 31.7 Å². The number of rotatable bonds is 7. The molecule has 2 aromatic heterocycles. The summed E-state index contributed by atoms with van der Waals surface area (Å²) in [5.74, 6) is -0.237. The average molecular weight is 462 g/mol. The third-order valence-electron chi connectivity index (χ3n) is 5.76. The number of carbonyl (C=O) groups excluding carboxylic acids is 1. The predicted molar refractivity (Wildman–Crippen MR) is 132 cm³/mol. The highest BCUT2D eigenvalue weighted by molar-refractivity contribution is 7.98. The molecule has 0 saturated carbocycles. The number of carbonyl (C=O) groups is 1. The summed E-state index contributed by atoms with van der Waals surface area (Å²) in [6, 6.07) is 17.0. The molecule has 0 unspecified atom stereocenters. The Morgan fingerprint density at radius 2 is 1.76 bits per heavy atom.